The quantitative estimate of drug-likeness (QED) is 0.667. The van der Waals surface area contributed by atoms with Gasteiger partial charge in [0.25, 0.3) is 0 Å². The van der Waals surface area contributed by atoms with Gasteiger partial charge < -0.3 is 14.8 Å². The summed E-state index contributed by atoms with van der Waals surface area (Å²) in [5.74, 6) is 1.07. The zero-order valence-electron chi connectivity index (χ0n) is 18.3. The van der Waals surface area contributed by atoms with Gasteiger partial charge in [-0.3, -0.25) is 4.79 Å². The van der Waals surface area contributed by atoms with Crippen molar-refractivity contribution in [1.29, 1.82) is 0 Å². The molecule has 7 nitrogen and oxygen atoms in total. The van der Waals surface area contributed by atoms with Crippen LogP contribution in [-0.4, -0.2) is 45.9 Å². The van der Waals surface area contributed by atoms with Crippen LogP contribution in [0.2, 0.25) is 0 Å². The minimum atomic E-state index is -3.56. The van der Waals surface area contributed by atoms with Gasteiger partial charge in [0.1, 0.15) is 0 Å². The summed E-state index contributed by atoms with van der Waals surface area (Å²) in [7, 11) is -0.418. The van der Waals surface area contributed by atoms with E-state index in [0.717, 1.165) is 24.8 Å². The fraction of sp³-hybridized carbons (Fsp3) is 0.435. The summed E-state index contributed by atoms with van der Waals surface area (Å²) in [4.78, 5) is 12.7. The number of anilines is 1. The van der Waals surface area contributed by atoms with Crippen LogP contribution in [0.15, 0.2) is 41.3 Å². The largest absolute Gasteiger partial charge is 0.493 e. The maximum atomic E-state index is 13.1. The molecular formula is C23H30N2O5S. The Bertz CT molecular complexity index is 1030. The lowest BCUT2D eigenvalue weighted by molar-refractivity contribution is -0.116. The van der Waals surface area contributed by atoms with Crippen LogP contribution in [0, 0.1) is 6.92 Å². The van der Waals surface area contributed by atoms with E-state index in [1.807, 2.05) is 18.2 Å². The molecule has 3 rings (SSSR count). The Morgan fingerprint density at radius 3 is 2.39 bits per heavy atom. The number of sulfonamides is 1. The minimum absolute atomic E-state index is 0.181. The molecule has 1 aliphatic heterocycles. The summed E-state index contributed by atoms with van der Waals surface area (Å²) in [6.07, 6.45) is 3.60. The second-order valence-electron chi connectivity index (χ2n) is 7.68. The van der Waals surface area contributed by atoms with Crippen molar-refractivity contribution in [3.05, 3.63) is 47.5 Å². The van der Waals surface area contributed by atoms with E-state index in [1.165, 1.54) is 0 Å². The second-order valence-corrected chi connectivity index (χ2v) is 9.59. The molecule has 1 fully saturated rings. The number of hydrogen-bond acceptors (Lipinski definition) is 5. The molecule has 0 spiro atoms. The maximum absolute atomic E-state index is 13.1. The van der Waals surface area contributed by atoms with Crippen molar-refractivity contribution in [3.63, 3.8) is 0 Å². The van der Waals surface area contributed by atoms with Crippen LogP contribution in [0.4, 0.5) is 5.69 Å². The Morgan fingerprint density at radius 2 is 1.71 bits per heavy atom. The van der Waals surface area contributed by atoms with E-state index in [1.54, 1.807) is 43.6 Å². The first kappa shape index (κ1) is 23.1. The molecular weight excluding hydrogens is 416 g/mol. The van der Waals surface area contributed by atoms with Gasteiger partial charge in [-0.1, -0.05) is 18.6 Å². The third-order valence-corrected chi connectivity index (χ3v) is 7.53. The molecule has 1 saturated heterocycles. The molecule has 8 heteroatoms. The van der Waals surface area contributed by atoms with Crippen molar-refractivity contribution in [2.45, 2.75) is 43.9 Å². The first-order valence-corrected chi connectivity index (χ1v) is 11.9. The molecule has 2 aromatic carbocycles. The predicted molar refractivity (Wildman–Crippen MR) is 120 cm³/mol. The average Bonchev–Trinajstić information content (AvgIpc) is 2.79. The van der Waals surface area contributed by atoms with Gasteiger partial charge in [-0.05, 0) is 61.6 Å². The average molecular weight is 447 g/mol. The molecule has 2 aromatic rings. The maximum Gasteiger partial charge on any atom is 0.243 e. The molecule has 1 heterocycles. The van der Waals surface area contributed by atoms with Gasteiger partial charge >= 0.3 is 0 Å². The molecule has 1 amide bonds. The SMILES string of the molecule is COc1ccc(CCC(=O)Nc2ccc(C)c(S(=O)(=O)N3CCCCC3)c2)cc1OC. The number of amides is 1. The monoisotopic (exact) mass is 446 g/mol. The summed E-state index contributed by atoms with van der Waals surface area (Å²) in [5.41, 5.74) is 2.11. The number of carbonyl (C=O) groups is 1. The number of rotatable bonds is 8. The molecule has 1 N–H and O–H groups in total. The van der Waals surface area contributed by atoms with Crippen LogP contribution >= 0.6 is 0 Å². The van der Waals surface area contributed by atoms with Gasteiger partial charge in [0.2, 0.25) is 15.9 Å². The number of aryl methyl sites for hydroxylation is 2. The highest BCUT2D eigenvalue weighted by molar-refractivity contribution is 7.89. The topological polar surface area (TPSA) is 84.9 Å². The Labute approximate surface area is 184 Å². The Morgan fingerprint density at radius 1 is 1.00 bits per heavy atom. The lowest BCUT2D eigenvalue weighted by Gasteiger charge is -2.26. The van der Waals surface area contributed by atoms with Crippen LogP contribution in [0.25, 0.3) is 0 Å². The first-order chi connectivity index (χ1) is 14.8. The van der Waals surface area contributed by atoms with Crippen molar-refractivity contribution in [2.24, 2.45) is 0 Å². The second kappa shape index (κ2) is 10.2. The molecule has 0 saturated carbocycles. The highest BCUT2D eigenvalue weighted by Gasteiger charge is 2.27. The number of nitrogens with zero attached hydrogens (tertiary/aromatic N) is 1. The van der Waals surface area contributed by atoms with Crippen LogP contribution in [0.3, 0.4) is 0 Å². The summed E-state index contributed by atoms with van der Waals surface area (Å²) in [5, 5.41) is 2.83. The molecule has 1 aliphatic rings. The van der Waals surface area contributed by atoms with E-state index in [-0.39, 0.29) is 17.2 Å². The van der Waals surface area contributed by atoms with Crippen molar-refractivity contribution >= 4 is 21.6 Å². The molecule has 0 aromatic heterocycles. The van der Waals surface area contributed by atoms with Crippen LogP contribution in [0.5, 0.6) is 11.5 Å². The number of benzene rings is 2. The zero-order chi connectivity index (χ0) is 22.4. The van der Waals surface area contributed by atoms with Crippen molar-refractivity contribution in [2.75, 3.05) is 32.6 Å². The number of piperidine rings is 1. The number of methoxy groups -OCH3 is 2. The molecule has 0 atom stereocenters. The van der Waals surface area contributed by atoms with Crippen molar-refractivity contribution in [1.82, 2.24) is 4.31 Å². The third kappa shape index (κ3) is 5.57. The number of nitrogens with one attached hydrogen (secondary N) is 1. The van der Waals surface area contributed by atoms with Crippen LogP contribution in [0.1, 0.15) is 36.8 Å². The lowest BCUT2D eigenvalue weighted by Crippen LogP contribution is -2.36. The third-order valence-electron chi connectivity index (χ3n) is 5.49. The van der Waals surface area contributed by atoms with E-state index in [2.05, 4.69) is 5.32 Å². The lowest BCUT2D eigenvalue weighted by atomic mass is 10.1. The molecule has 31 heavy (non-hydrogen) atoms. The summed E-state index contributed by atoms with van der Waals surface area (Å²) < 4.78 is 38.2. The predicted octanol–water partition coefficient (Wildman–Crippen LogP) is 3.76. The van der Waals surface area contributed by atoms with Crippen molar-refractivity contribution in [3.8, 4) is 11.5 Å². The highest BCUT2D eigenvalue weighted by Crippen LogP contribution is 2.28. The molecule has 0 bridgehead atoms. The van der Waals surface area contributed by atoms with Gasteiger partial charge in [0.15, 0.2) is 11.5 Å². The van der Waals surface area contributed by atoms with Crippen LogP contribution in [-0.2, 0) is 21.2 Å². The smallest absolute Gasteiger partial charge is 0.243 e. The van der Waals surface area contributed by atoms with E-state index in [0.29, 0.717) is 42.3 Å². The van der Waals surface area contributed by atoms with E-state index in [4.69, 9.17) is 9.47 Å². The van der Waals surface area contributed by atoms with Gasteiger partial charge in [-0.15, -0.1) is 0 Å². The Balaban J connectivity index is 1.67. The Hall–Kier alpha value is -2.58. The van der Waals surface area contributed by atoms with E-state index in [9.17, 15) is 13.2 Å². The number of carbonyl (C=O) groups excluding carboxylic acids is 1. The normalized spacial score (nSPS) is 14.8. The van der Waals surface area contributed by atoms with Crippen molar-refractivity contribution < 1.29 is 22.7 Å². The Kier molecular flexibility index (Phi) is 7.56. The summed E-state index contributed by atoms with van der Waals surface area (Å²) in [6, 6.07) is 10.6. The molecule has 0 aliphatic carbocycles. The van der Waals surface area contributed by atoms with Gasteiger partial charge in [0, 0.05) is 25.2 Å². The molecule has 0 radical (unpaired) electrons. The number of hydrogen-bond donors (Lipinski definition) is 1. The molecule has 168 valence electrons. The minimum Gasteiger partial charge on any atom is -0.493 e. The summed E-state index contributed by atoms with van der Waals surface area (Å²) >= 11 is 0. The standard InChI is InChI=1S/C23H30N2O5S/c1-17-7-10-19(16-22(17)31(27,28)25-13-5-4-6-14-25)24-23(26)12-9-18-8-11-20(29-2)21(15-18)30-3/h7-8,10-11,15-16H,4-6,9,12-14H2,1-3H3,(H,24,26). The van der Waals surface area contributed by atoms with Gasteiger partial charge in [0.05, 0.1) is 19.1 Å². The molecule has 0 unspecified atom stereocenters. The fourth-order valence-corrected chi connectivity index (χ4v) is 5.49. The zero-order valence-corrected chi connectivity index (χ0v) is 19.1. The van der Waals surface area contributed by atoms with Crippen LogP contribution < -0.4 is 14.8 Å². The number of ether oxygens (including phenoxy) is 2. The fourth-order valence-electron chi connectivity index (χ4n) is 3.72. The van der Waals surface area contributed by atoms with E-state index >= 15 is 0 Å². The van der Waals surface area contributed by atoms with E-state index < -0.39 is 10.0 Å². The van der Waals surface area contributed by atoms with Gasteiger partial charge in [-0.25, -0.2) is 8.42 Å². The summed E-state index contributed by atoms with van der Waals surface area (Å²) in [6.45, 7) is 2.87. The highest BCUT2D eigenvalue weighted by atomic mass is 32.2. The first-order valence-electron chi connectivity index (χ1n) is 10.5. The van der Waals surface area contributed by atoms with Gasteiger partial charge in [-0.2, -0.15) is 4.31 Å².